The Balaban J connectivity index is 1.77. The van der Waals surface area contributed by atoms with E-state index in [1.54, 1.807) is 24.3 Å². The minimum absolute atomic E-state index is 0.0251. The quantitative estimate of drug-likeness (QED) is 0.452. The van der Waals surface area contributed by atoms with Crippen LogP contribution in [0.4, 0.5) is 11.4 Å². The first-order valence-electron chi connectivity index (χ1n) is 9.92. The third-order valence-electron chi connectivity index (χ3n) is 5.10. The van der Waals surface area contributed by atoms with Crippen LogP contribution in [0.15, 0.2) is 97.1 Å². The number of hydrogen-bond acceptors (Lipinski definition) is 4. The van der Waals surface area contributed by atoms with Gasteiger partial charge in [0.25, 0.3) is 0 Å². The molecule has 6 nitrogen and oxygen atoms in total. The summed E-state index contributed by atoms with van der Waals surface area (Å²) in [5, 5.41) is 5.34. The molecule has 0 spiro atoms. The number of nitrogens with one attached hydrogen (secondary N) is 2. The molecule has 4 rings (SSSR count). The van der Waals surface area contributed by atoms with Gasteiger partial charge < -0.3 is 0 Å². The van der Waals surface area contributed by atoms with Crippen LogP contribution < -0.4 is 16.3 Å². The van der Waals surface area contributed by atoms with E-state index in [0.717, 1.165) is 0 Å². The molecule has 0 atom stereocenters. The molecule has 156 valence electrons. The van der Waals surface area contributed by atoms with Crippen LogP contribution in [-0.2, 0) is 30.7 Å². The summed E-state index contributed by atoms with van der Waals surface area (Å²) in [5.74, 6) is 1.29. The van der Waals surface area contributed by atoms with Gasteiger partial charge in [0.2, 0.25) is 0 Å². The molecule has 2 aromatic rings. The Morgan fingerprint density at radius 1 is 0.677 bits per heavy atom. The van der Waals surface area contributed by atoms with Crippen molar-refractivity contribution in [2.45, 2.75) is 7.25 Å². The molecule has 0 radical (unpaired) electrons. The van der Waals surface area contributed by atoms with Gasteiger partial charge in [-0.2, -0.15) is 0 Å². The third kappa shape index (κ3) is 4.78. The van der Waals surface area contributed by atoms with E-state index in [0.29, 0.717) is 35.7 Å². The van der Waals surface area contributed by atoms with Crippen LogP contribution in [-0.4, -0.2) is 12.8 Å². The zero-order valence-electron chi connectivity index (χ0n) is 16.7. The predicted molar refractivity (Wildman–Crippen MR) is 118 cm³/mol. The van der Waals surface area contributed by atoms with Gasteiger partial charge in [0.05, 0.1) is 0 Å². The van der Waals surface area contributed by atoms with E-state index in [9.17, 15) is 9.59 Å². The molecule has 0 fully saturated rings. The average Bonchev–Trinajstić information content (AvgIpc) is 3.49. The van der Waals surface area contributed by atoms with Crippen LogP contribution in [0, 0.1) is 0 Å². The SMILES string of the molecule is O=CNc1cccc([O][Zr]([O]c2cccc(NC=O)c2)([CH]2C=CC=C2)[CH]2C=CC=C2)c1. The molecule has 2 N–H and O–H groups in total. The average molecular weight is 494 g/mol. The number of carbonyl (C=O) groups excluding carboxylic acids is 2. The predicted octanol–water partition coefficient (Wildman–Crippen LogP) is 5.09. The zero-order chi connectivity index (χ0) is 21.5. The fourth-order valence-electron chi connectivity index (χ4n) is 3.72. The minimum atomic E-state index is -4.08. The van der Waals surface area contributed by atoms with Gasteiger partial charge in [0.15, 0.2) is 0 Å². The fourth-order valence-corrected chi connectivity index (χ4v) is 12.4. The van der Waals surface area contributed by atoms with Crippen LogP contribution in [0.3, 0.4) is 0 Å². The zero-order valence-corrected chi connectivity index (χ0v) is 19.1. The Labute approximate surface area is 186 Å². The van der Waals surface area contributed by atoms with Crippen LogP contribution in [0.2, 0.25) is 7.25 Å². The van der Waals surface area contributed by atoms with E-state index in [-0.39, 0.29) is 7.25 Å². The molecule has 0 saturated carbocycles. The number of hydrogen-bond donors (Lipinski definition) is 2. The molecule has 0 heterocycles. The molecule has 2 amide bonds. The van der Waals surface area contributed by atoms with Gasteiger partial charge in [-0.05, 0) is 0 Å². The molecule has 0 bridgehead atoms. The molecule has 0 aliphatic heterocycles. The fraction of sp³-hybridized carbons (Fsp3) is 0.0833. The van der Waals surface area contributed by atoms with Crippen molar-refractivity contribution in [2.75, 3.05) is 10.6 Å². The molecule has 31 heavy (non-hydrogen) atoms. The molecule has 0 aromatic heterocycles. The number of benzene rings is 2. The van der Waals surface area contributed by atoms with E-state index in [4.69, 9.17) is 5.63 Å². The maximum absolute atomic E-state index is 10.9. The second-order valence-electron chi connectivity index (χ2n) is 7.10. The molecule has 2 aliphatic carbocycles. The van der Waals surface area contributed by atoms with Crippen LogP contribution in [0.1, 0.15) is 0 Å². The first-order chi connectivity index (χ1) is 15.2. The van der Waals surface area contributed by atoms with E-state index >= 15 is 0 Å². The number of allylic oxidation sites excluding steroid dienone is 8. The second kappa shape index (κ2) is 9.75. The van der Waals surface area contributed by atoms with E-state index in [2.05, 4.69) is 34.9 Å². The Kier molecular flexibility index (Phi) is 6.63. The summed E-state index contributed by atoms with van der Waals surface area (Å²) in [4.78, 5) is 21.8. The van der Waals surface area contributed by atoms with Crippen molar-refractivity contribution in [1.29, 1.82) is 0 Å². The van der Waals surface area contributed by atoms with Crippen molar-refractivity contribution < 1.29 is 36.4 Å². The summed E-state index contributed by atoms with van der Waals surface area (Å²) in [6, 6.07) is 14.6. The molecule has 2 aliphatic rings. The molecule has 7 heteroatoms. The van der Waals surface area contributed by atoms with Crippen molar-refractivity contribution in [2.24, 2.45) is 0 Å². The van der Waals surface area contributed by atoms with Crippen LogP contribution in [0.5, 0.6) is 11.5 Å². The Bertz CT molecular complexity index is 967. The van der Waals surface area contributed by atoms with Crippen molar-refractivity contribution in [3.05, 3.63) is 97.1 Å². The molecule has 0 saturated heterocycles. The van der Waals surface area contributed by atoms with E-state index < -0.39 is 21.1 Å². The molecular weight excluding hydrogens is 471 g/mol. The van der Waals surface area contributed by atoms with Gasteiger partial charge in [-0.1, -0.05) is 0 Å². The molecule has 0 unspecified atom stereocenters. The standard InChI is InChI=1S/2C7H7NO2.2C5H5.Zr/c2*9-5-8-6-2-1-3-7(10)4-6;2*1-2-4-5-3-1;/h2*1-5,10H,(H,8,9);2*1-5H;/q;;;;+2/p-2. The molecular formula is C24H22N2O4Zr. The number of anilines is 2. The first-order valence-corrected chi connectivity index (χ1v) is 14.8. The summed E-state index contributed by atoms with van der Waals surface area (Å²) in [7, 11) is 0. The summed E-state index contributed by atoms with van der Waals surface area (Å²) in [6.07, 6.45) is 17.8. The van der Waals surface area contributed by atoms with Crippen molar-refractivity contribution in [3.8, 4) is 11.5 Å². The maximum atomic E-state index is 10.9. The van der Waals surface area contributed by atoms with Gasteiger partial charge in [-0.25, -0.2) is 0 Å². The Morgan fingerprint density at radius 2 is 1.10 bits per heavy atom. The number of rotatable bonds is 10. The number of carbonyl (C=O) groups is 2. The monoisotopic (exact) mass is 492 g/mol. The molecule has 2 aromatic carbocycles. The van der Waals surface area contributed by atoms with Gasteiger partial charge >= 0.3 is 187 Å². The van der Waals surface area contributed by atoms with Crippen molar-refractivity contribution >= 4 is 24.2 Å². The van der Waals surface area contributed by atoms with Gasteiger partial charge in [-0.3, -0.25) is 0 Å². The van der Waals surface area contributed by atoms with E-state index in [1.165, 1.54) is 0 Å². The summed E-state index contributed by atoms with van der Waals surface area (Å²) < 4.78 is 13.6. The van der Waals surface area contributed by atoms with Gasteiger partial charge in [0, 0.05) is 0 Å². The van der Waals surface area contributed by atoms with E-state index in [1.807, 2.05) is 48.6 Å². The van der Waals surface area contributed by atoms with Gasteiger partial charge in [0.1, 0.15) is 0 Å². The normalized spacial score (nSPS) is 15.2. The third-order valence-corrected chi connectivity index (χ3v) is 14.3. The second-order valence-corrected chi connectivity index (χ2v) is 14.9. The first kappa shape index (κ1) is 21.1. The van der Waals surface area contributed by atoms with Gasteiger partial charge in [-0.15, -0.1) is 0 Å². The topological polar surface area (TPSA) is 76.7 Å². The Hall–Kier alpha value is -3.18. The van der Waals surface area contributed by atoms with Crippen LogP contribution in [0.25, 0.3) is 0 Å². The van der Waals surface area contributed by atoms with Crippen molar-refractivity contribution in [3.63, 3.8) is 0 Å². The summed E-state index contributed by atoms with van der Waals surface area (Å²) >= 11 is -4.08. The van der Waals surface area contributed by atoms with Crippen molar-refractivity contribution in [1.82, 2.24) is 0 Å². The number of amides is 2. The Morgan fingerprint density at radius 3 is 1.48 bits per heavy atom. The summed E-state index contributed by atoms with van der Waals surface area (Å²) in [6.45, 7) is 0. The van der Waals surface area contributed by atoms with Crippen LogP contribution >= 0.6 is 0 Å². The summed E-state index contributed by atoms with van der Waals surface area (Å²) in [5.41, 5.74) is 1.31.